The molecule has 7 heteroatoms. The molecule has 3 aromatic carbocycles. The summed E-state index contributed by atoms with van der Waals surface area (Å²) in [6.45, 7) is 1.92. The highest BCUT2D eigenvalue weighted by molar-refractivity contribution is 7.89. The molecule has 0 aromatic heterocycles. The molecule has 0 radical (unpaired) electrons. The van der Waals surface area contributed by atoms with Crippen LogP contribution in [-0.2, 0) is 10.0 Å². The molecule has 0 heterocycles. The number of fused-ring (bicyclic) bond motifs is 1. The Labute approximate surface area is 174 Å². The SMILES string of the molecule is Cc1ccc(NC2=C(NS(=O)(=O)c3ccccc3)C(=O)c3ccccc3C2=O)cc1. The summed E-state index contributed by atoms with van der Waals surface area (Å²) in [6.07, 6.45) is 0. The molecular weight excluding hydrogens is 400 g/mol. The molecule has 4 rings (SSSR count). The molecule has 0 atom stereocenters. The van der Waals surface area contributed by atoms with E-state index in [1.807, 2.05) is 19.1 Å². The molecule has 0 spiro atoms. The fourth-order valence-corrected chi connectivity index (χ4v) is 4.26. The standard InChI is InChI=1S/C23H18N2O4S/c1-15-11-13-16(14-12-15)24-20-21(25-30(28,29)17-7-3-2-4-8-17)23(27)19-10-6-5-9-18(19)22(20)26/h2-14,24-25H,1H3. The number of rotatable bonds is 5. The van der Waals surface area contributed by atoms with Gasteiger partial charge in [-0.3, -0.25) is 14.3 Å². The van der Waals surface area contributed by atoms with Crippen LogP contribution in [0.3, 0.4) is 0 Å². The third kappa shape index (κ3) is 3.62. The number of carbonyl (C=O) groups is 2. The Hall–Kier alpha value is -3.71. The van der Waals surface area contributed by atoms with Crippen LogP contribution in [0.4, 0.5) is 5.69 Å². The number of ketones is 2. The summed E-state index contributed by atoms with van der Waals surface area (Å²) in [5, 5.41) is 2.94. The number of Topliss-reactive ketones (excluding diaryl/α,β-unsaturated/α-hetero) is 2. The Morgan fingerprint density at radius 3 is 1.80 bits per heavy atom. The average Bonchev–Trinajstić information content (AvgIpc) is 2.76. The molecule has 0 amide bonds. The number of aryl methyl sites for hydroxylation is 1. The third-order valence-electron chi connectivity index (χ3n) is 4.73. The first-order valence-electron chi connectivity index (χ1n) is 9.21. The molecule has 0 fully saturated rings. The van der Waals surface area contributed by atoms with Gasteiger partial charge in [0.1, 0.15) is 11.4 Å². The predicted octanol–water partition coefficient (Wildman–Crippen LogP) is 3.68. The van der Waals surface area contributed by atoms with Crippen LogP contribution >= 0.6 is 0 Å². The van der Waals surface area contributed by atoms with E-state index in [4.69, 9.17) is 0 Å². The van der Waals surface area contributed by atoms with Gasteiger partial charge in [0, 0.05) is 16.8 Å². The fourth-order valence-electron chi connectivity index (χ4n) is 3.17. The second-order valence-corrected chi connectivity index (χ2v) is 8.55. The largest absolute Gasteiger partial charge is 0.350 e. The van der Waals surface area contributed by atoms with E-state index in [-0.39, 0.29) is 27.4 Å². The summed E-state index contributed by atoms with van der Waals surface area (Å²) in [6, 6.07) is 21.2. The lowest BCUT2D eigenvalue weighted by Gasteiger charge is -2.23. The van der Waals surface area contributed by atoms with Crippen LogP contribution in [0, 0.1) is 6.92 Å². The van der Waals surface area contributed by atoms with E-state index < -0.39 is 21.6 Å². The van der Waals surface area contributed by atoms with Gasteiger partial charge in [-0.2, -0.15) is 0 Å². The van der Waals surface area contributed by atoms with Gasteiger partial charge in [-0.05, 0) is 31.2 Å². The van der Waals surface area contributed by atoms with Crippen molar-refractivity contribution in [1.29, 1.82) is 0 Å². The van der Waals surface area contributed by atoms with Gasteiger partial charge in [-0.1, -0.05) is 60.2 Å². The summed E-state index contributed by atoms with van der Waals surface area (Å²) < 4.78 is 28.1. The van der Waals surface area contributed by atoms with Crippen LogP contribution in [0.2, 0.25) is 0 Å². The Morgan fingerprint density at radius 1 is 0.667 bits per heavy atom. The second-order valence-electron chi connectivity index (χ2n) is 6.86. The van der Waals surface area contributed by atoms with Crippen molar-refractivity contribution in [3.05, 3.63) is 107 Å². The van der Waals surface area contributed by atoms with Gasteiger partial charge >= 0.3 is 0 Å². The van der Waals surface area contributed by atoms with Crippen molar-refractivity contribution in [2.24, 2.45) is 0 Å². The van der Waals surface area contributed by atoms with E-state index in [0.29, 0.717) is 5.69 Å². The maximum Gasteiger partial charge on any atom is 0.262 e. The molecule has 1 aliphatic rings. The van der Waals surface area contributed by atoms with Crippen LogP contribution in [-0.4, -0.2) is 20.0 Å². The molecule has 0 unspecified atom stereocenters. The number of allylic oxidation sites excluding steroid dienone is 2. The number of benzene rings is 3. The predicted molar refractivity (Wildman–Crippen MR) is 114 cm³/mol. The molecule has 30 heavy (non-hydrogen) atoms. The van der Waals surface area contributed by atoms with Crippen molar-refractivity contribution in [2.45, 2.75) is 11.8 Å². The molecule has 150 valence electrons. The van der Waals surface area contributed by atoms with Crippen LogP contribution in [0.25, 0.3) is 0 Å². The summed E-state index contributed by atoms with van der Waals surface area (Å²) in [5.41, 5.74) is 1.55. The number of sulfonamides is 1. The van der Waals surface area contributed by atoms with Gasteiger partial charge in [0.2, 0.25) is 11.6 Å². The highest BCUT2D eigenvalue weighted by Crippen LogP contribution is 2.27. The first-order valence-corrected chi connectivity index (χ1v) is 10.7. The quantitative estimate of drug-likeness (QED) is 0.660. The van der Waals surface area contributed by atoms with Gasteiger partial charge in [0.15, 0.2) is 0 Å². The number of carbonyl (C=O) groups excluding carboxylic acids is 2. The van der Waals surface area contributed by atoms with Gasteiger partial charge in [-0.15, -0.1) is 0 Å². The fraction of sp³-hybridized carbons (Fsp3) is 0.0435. The van der Waals surface area contributed by atoms with Crippen molar-refractivity contribution in [2.75, 3.05) is 5.32 Å². The van der Waals surface area contributed by atoms with Crippen molar-refractivity contribution in [3.8, 4) is 0 Å². The minimum absolute atomic E-state index is 0.00806. The highest BCUT2D eigenvalue weighted by atomic mass is 32.2. The van der Waals surface area contributed by atoms with E-state index in [0.717, 1.165) is 5.56 Å². The smallest absolute Gasteiger partial charge is 0.262 e. The third-order valence-corrected chi connectivity index (χ3v) is 6.10. The zero-order chi connectivity index (χ0) is 21.3. The topological polar surface area (TPSA) is 92.3 Å². The lowest BCUT2D eigenvalue weighted by molar-refractivity contribution is 0.0972. The zero-order valence-electron chi connectivity index (χ0n) is 16.0. The highest BCUT2D eigenvalue weighted by Gasteiger charge is 2.34. The van der Waals surface area contributed by atoms with E-state index in [1.54, 1.807) is 48.5 Å². The van der Waals surface area contributed by atoms with E-state index in [2.05, 4.69) is 10.0 Å². The van der Waals surface area contributed by atoms with Crippen LogP contribution in [0.1, 0.15) is 26.3 Å². The minimum atomic E-state index is -4.07. The molecule has 1 aliphatic carbocycles. The number of anilines is 1. The van der Waals surface area contributed by atoms with Gasteiger partial charge in [0.25, 0.3) is 10.0 Å². The number of hydrogen-bond acceptors (Lipinski definition) is 5. The Morgan fingerprint density at radius 2 is 1.20 bits per heavy atom. The zero-order valence-corrected chi connectivity index (χ0v) is 16.9. The lowest BCUT2D eigenvalue weighted by Crippen LogP contribution is -2.36. The average molecular weight is 418 g/mol. The molecule has 6 nitrogen and oxygen atoms in total. The first-order chi connectivity index (χ1) is 14.4. The summed E-state index contributed by atoms with van der Waals surface area (Å²) in [7, 11) is -4.07. The summed E-state index contributed by atoms with van der Waals surface area (Å²) in [5.74, 6) is -1.03. The Kier molecular flexibility index (Phi) is 4.97. The second kappa shape index (κ2) is 7.61. The van der Waals surface area contributed by atoms with Crippen molar-refractivity contribution in [1.82, 2.24) is 4.72 Å². The minimum Gasteiger partial charge on any atom is -0.350 e. The van der Waals surface area contributed by atoms with Gasteiger partial charge in [-0.25, -0.2) is 8.42 Å². The Balaban J connectivity index is 1.83. The van der Waals surface area contributed by atoms with E-state index in [1.165, 1.54) is 18.2 Å². The van der Waals surface area contributed by atoms with Gasteiger partial charge in [0.05, 0.1) is 4.90 Å². The maximum atomic E-state index is 13.2. The Bertz CT molecular complexity index is 1280. The summed E-state index contributed by atoms with van der Waals surface area (Å²) in [4.78, 5) is 26.3. The van der Waals surface area contributed by atoms with Crippen molar-refractivity contribution < 1.29 is 18.0 Å². The van der Waals surface area contributed by atoms with E-state index >= 15 is 0 Å². The van der Waals surface area contributed by atoms with E-state index in [9.17, 15) is 18.0 Å². The normalized spacial score (nSPS) is 13.8. The van der Waals surface area contributed by atoms with Crippen molar-refractivity contribution >= 4 is 27.3 Å². The van der Waals surface area contributed by atoms with Crippen LogP contribution in [0.5, 0.6) is 0 Å². The molecule has 0 saturated heterocycles. The lowest BCUT2D eigenvalue weighted by atomic mass is 9.90. The van der Waals surface area contributed by atoms with Crippen LogP contribution in [0.15, 0.2) is 95.2 Å². The number of hydrogen-bond donors (Lipinski definition) is 2. The number of nitrogens with one attached hydrogen (secondary N) is 2. The summed E-state index contributed by atoms with van der Waals surface area (Å²) >= 11 is 0. The first kappa shape index (κ1) is 19.6. The molecule has 3 aromatic rings. The maximum absolute atomic E-state index is 13.2. The molecule has 0 aliphatic heterocycles. The molecule has 0 saturated carbocycles. The monoisotopic (exact) mass is 418 g/mol. The van der Waals surface area contributed by atoms with Crippen LogP contribution < -0.4 is 10.0 Å². The molecule has 0 bridgehead atoms. The van der Waals surface area contributed by atoms with Crippen molar-refractivity contribution in [3.63, 3.8) is 0 Å². The van der Waals surface area contributed by atoms with Gasteiger partial charge < -0.3 is 5.32 Å². The molecule has 2 N–H and O–H groups in total. The molecular formula is C23H18N2O4S.